The molecule has 0 spiro atoms. The number of nitrogens with one attached hydrogen (secondary N) is 1. The van der Waals surface area contributed by atoms with Crippen LogP contribution in [0.2, 0.25) is 0 Å². The van der Waals surface area contributed by atoms with E-state index in [1.54, 1.807) is 0 Å². The van der Waals surface area contributed by atoms with Crippen molar-refractivity contribution in [2.45, 2.75) is 39.3 Å². The summed E-state index contributed by atoms with van der Waals surface area (Å²) < 4.78 is 0. The molecular formula is C26H30N4O. The molecule has 1 N–H and O–H groups in total. The van der Waals surface area contributed by atoms with Gasteiger partial charge in [0.1, 0.15) is 0 Å². The predicted molar refractivity (Wildman–Crippen MR) is 123 cm³/mol. The van der Waals surface area contributed by atoms with Crippen molar-refractivity contribution >= 4 is 5.91 Å². The molecule has 0 aliphatic carbocycles. The lowest BCUT2D eigenvalue weighted by atomic mass is 9.79. The smallest absolute Gasteiger partial charge is 0.228 e. The number of hydrogen-bond donors (Lipinski definition) is 1. The van der Waals surface area contributed by atoms with Crippen LogP contribution in [-0.4, -0.2) is 39.9 Å². The van der Waals surface area contributed by atoms with E-state index in [4.69, 9.17) is 0 Å². The minimum absolute atomic E-state index is 0.128. The van der Waals surface area contributed by atoms with Gasteiger partial charge in [0.15, 0.2) is 0 Å². The van der Waals surface area contributed by atoms with E-state index in [-0.39, 0.29) is 11.9 Å². The molecule has 1 saturated heterocycles. The van der Waals surface area contributed by atoms with Gasteiger partial charge < -0.3 is 5.32 Å². The topological polar surface area (TPSA) is 58.1 Å². The molecule has 1 aromatic carbocycles. The first kappa shape index (κ1) is 21.2. The van der Waals surface area contributed by atoms with Gasteiger partial charge in [-0.3, -0.25) is 19.7 Å². The summed E-state index contributed by atoms with van der Waals surface area (Å²) in [5.41, 5.74) is 4.13. The molecule has 1 unspecified atom stereocenters. The lowest BCUT2D eigenvalue weighted by Gasteiger charge is -2.29. The molecule has 160 valence electrons. The van der Waals surface area contributed by atoms with Gasteiger partial charge >= 0.3 is 0 Å². The number of carbonyl (C=O) groups excluding carboxylic acids is 1. The van der Waals surface area contributed by atoms with Crippen molar-refractivity contribution in [1.29, 1.82) is 0 Å². The van der Waals surface area contributed by atoms with Crippen molar-refractivity contribution in [3.05, 3.63) is 84.4 Å². The van der Waals surface area contributed by atoms with E-state index in [1.165, 1.54) is 5.56 Å². The number of likely N-dealkylation sites (tertiary alicyclic amines) is 1. The van der Waals surface area contributed by atoms with E-state index in [1.807, 2.05) is 62.8 Å². The third-order valence-electron chi connectivity index (χ3n) is 5.96. The third kappa shape index (κ3) is 5.17. The molecule has 3 aromatic rings. The lowest BCUT2D eigenvalue weighted by molar-refractivity contribution is -0.131. The Kier molecular flexibility index (Phi) is 6.42. The number of aromatic nitrogens is 2. The van der Waals surface area contributed by atoms with Crippen molar-refractivity contribution in [3.63, 3.8) is 0 Å². The number of rotatable bonds is 7. The van der Waals surface area contributed by atoms with Gasteiger partial charge in [-0.15, -0.1) is 0 Å². The molecule has 31 heavy (non-hydrogen) atoms. The number of benzene rings is 1. The van der Waals surface area contributed by atoms with Crippen LogP contribution in [0.15, 0.2) is 73.2 Å². The molecule has 1 aliphatic heterocycles. The highest BCUT2D eigenvalue weighted by atomic mass is 16.2. The van der Waals surface area contributed by atoms with Gasteiger partial charge in [0.25, 0.3) is 0 Å². The van der Waals surface area contributed by atoms with Gasteiger partial charge in [0.2, 0.25) is 5.91 Å². The molecule has 1 aliphatic rings. The van der Waals surface area contributed by atoms with Crippen LogP contribution < -0.4 is 5.32 Å². The Balaban J connectivity index is 1.52. The fourth-order valence-electron chi connectivity index (χ4n) is 4.39. The van der Waals surface area contributed by atoms with E-state index in [0.717, 1.165) is 49.3 Å². The van der Waals surface area contributed by atoms with E-state index >= 15 is 0 Å². The van der Waals surface area contributed by atoms with Crippen LogP contribution in [0.5, 0.6) is 0 Å². The predicted octanol–water partition coefficient (Wildman–Crippen LogP) is 4.10. The van der Waals surface area contributed by atoms with Crippen molar-refractivity contribution in [3.8, 4) is 11.1 Å². The molecule has 0 saturated carbocycles. The Bertz CT molecular complexity index is 989. The highest BCUT2D eigenvalue weighted by molar-refractivity contribution is 5.84. The maximum atomic E-state index is 13.3. The third-order valence-corrected chi connectivity index (χ3v) is 5.96. The Morgan fingerprint density at radius 3 is 2.45 bits per heavy atom. The zero-order valence-electron chi connectivity index (χ0n) is 18.3. The number of hydrogen-bond acceptors (Lipinski definition) is 4. The van der Waals surface area contributed by atoms with Crippen LogP contribution >= 0.6 is 0 Å². The van der Waals surface area contributed by atoms with E-state index < -0.39 is 5.41 Å². The zero-order chi connectivity index (χ0) is 21.7. The average Bonchev–Trinajstić information content (AvgIpc) is 3.19. The second-order valence-corrected chi connectivity index (χ2v) is 8.80. The Labute approximate surface area is 184 Å². The minimum atomic E-state index is -0.419. The molecule has 5 heteroatoms. The van der Waals surface area contributed by atoms with E-state index in [2.05, 4.69) is 44.5 Å². The summed E-state index contributed by atoms with van der Waals surface area (Å²) >= 11 is 0. The molecule has 1 atom stereocenters. The number of nitrogens with zero attached hydrogens (tertiary/aromatic N) is 3. The van der Waals surface area contributed by atoms with Gasteiger partial charge in [-0.05, 0) is 74.2 Å². The SMILES string of the molecule is CC(C)NC(=O)C1(Cc2ccc(-c3ccncc3)cc2)CCN(Cc2ccccn2)C1. The first-order chi connectivity index (χ1) is 15.0. The van der Waals surface area contributed by atoms with E-state index in [0.29, 0.717) is 0 Å². The normalized spacial score (nSPS) is 18.9. The molecular weight excluding hydrogens is 384 g/mol. The number of carbonyl (C=O) groups is 1. The van der Waals surface area contributed by atoms with Crippen LogP contribution in [0.25, 0.3) is 11.1 Å². The van der Waals surface area contributed by atoms with Gasteiger partial charge in [0, 0.05) is 37.7 Å². The second kappa shape index (κ2) is 9.40. The van der Waals surface area contributed by atoms with Crippen LogP contribution in [-0.2, 0) is 17.8 Å². The summed E-state index contributed by atoms with van der Waals surface area (Å²) in [5.74, 6) is 0.157. The highest BCUT2D eigenvalue weighted by Gasteiger charge is 2.44. The average molecular weight is 415 g/mol. The molecule has 3 heterocycles. The number of pyridine rings is 2. The van der Waals surface area contributed by atoms with Crippen molar-refractivity contribution in [2.24, 2.45) is 5.41 Å². The quantitative estimate of drug-likeness (QED) is 0.632. The Morgan fingerprint density at radius 2 is 1.77 bits per heavy atom. The maximum absolute atomic E-state index is 13.3. The van der Waals surface area contributed by atoms with Crippen molar-refractivity contribution in [2.75, 3.05) is 13.1 Å². The first-order valence-corrected chi connectivity index (χ1v) is 11.0. The van der Waals surface area contributed by atoms with Crippen LogP contribution in [0, 0.1) is 5.41 Å². The van der Waals surface area contributed by atoms with Gasteiger partial charge in [-0.25, -0.2) is 0 Å². The van der Waals surface area contributed by atoms with Crippen molar-refractivity contribution < 1.29 is 4.79 Å². The van der Waals surface area contributed by atoms with Gasteiger partial charge in [-0.2, -0.15) is 0 Å². The molecule has 2 aromatic heterocycles. The molecule has 0 bridgehead atoms. The van der Waals surface area contributed by atoms with Crippen LogP contribution in [0.3, 0.4) is 0 Å². The zero-order valence-corrected chi connectivity index (χ0v) is 18.3. The second-order valence-electron chi connectivity index (χ2n) is 8.80. The van der Waals surface area contributed by atoms with Crippen LogP contribution in [0.1, 0.15) is 31.5 Å². The van der Waals surface area contributed by atoms with Crippen molar-refractivity contribution in [1.82, 2.24) is 20.2 Å². The van der Waals surface area contributed by atoms with E-state index in [9.17, 15) is 4.79 Å². The summed E-state index contributed by atoms with van der Waals surface area (Å²) in [6, 6.07) is 18.7. The summed E-state index contributed by atoms with van der Waals surface area (Å²) in [6.45, 7) is 6.47. The molecule has 0 radical (unpaired) electrons. The fourth-order valence-corrected chi connectivity index (χ4v) is 4.39. The molecule has 4 rings (SSSR count). The first-order valence-electron chi connectivity index (χ1n) is 11.0. The molecule has 5 nitrogen and oxygen atoms in total. The highest BCUT2D eigenvalue weighted by Crippen LogP contribution is 2.36. The minimum Gasteiger partial charge on any atom is -0.353 e. The Hall–Kier alpha value is -3.05. The maximum Gasteiger partial charge on any atom is 0.228 e. The molecule has 1 fully saturated rings. The number of amides is 1. The van der Waals surface area contributed by atoms with Gasteiger partial charge in [-0.1, -0.05) is 30.3 Å². The summed E-state index contributed by atoms with van der Waals surface area (Å²) in [7, 11) is 0. The fraction of sp³-hybridized carbons (Fsp3) is 0.346. The Morgan fingerprint density at radius 1 is 1.03 bits per heavy atom. The summed E-state index contributed by atoms with van der Waals surface area (Å²) in [4.78, 5) is 24.2. The lowest BCUT2D eigenvalue weighted by Crippen LogP contribution is -2.46. The summed E-state index contributed by atoms with van der Waals surface area (Å²) in [6.07, 6.45) is 7.03. The largest absolute Gasteiger partial charge is 0.353 e. The standard InChI is InChI=1S/C26H30N4O/c1-20(2)29-25(31)26(12-16-30(19-26)18-24-5-3-4-13-28-24)17-21-6-8-22(9-7-21)23-10-14-27-15-11-23/h3-11,13-15,20H,12,16-19H2,1-2H3,(H,29,31). The van der Waals surface area contributed by atoms with Gasteiger partial charge in [0.05, 0.1) is 11.1 Å². The molecule has 1 amide bonds. The monoisotopic (exact) mass is 414 g/mol. The van der Waals surface area contributed by atoms with Crippen LogP contribution in [0.4, 0.5) is 0 Å². The summed E-state index contributed by atoms with van der Waals surface area (Å²) in [5, 5.41) is 3.18.